The number of aromatic nitrogens is 4. The number of carbonyl (C=O) groups is 2. The van der Waals surface area contributed by atoms with E-state index < -0.39 is 29.6 Å². The zero-order valence-electron chi connectivity index (χ0n) is 38.6. The monoisotopic (exact) mass is 956 g/mol. The number of halogens is 6. The lowest BCUT2D eigenvalue weighted by atomic mass is 9.77. The summed E-state index contributed by atoms with van der Waals surface area (Å²) in [5.41, 5.74) is -0.995. The molecule has 2 unspecified atom stereocenters. The highest BCUT2D eigenvalue weighted by molar-refractivity contribution is 5.94. The molecule has 4 fully saturated rings. The van der Waals surface area contributed by atoms with Crippen molar-refractivity contribution in [3.63, 3.8) is 0 Å². The fraction of sp³-hybridized carbons (Fsp3) is 0.625. The number of hydrogen-bond acceptors (Lipinski definition) is 12. The topological polar surface area (TPSA) is 170 Å². The second kappa shape index (κ2) is 21.0. The van der Waals surface area contributed by atoms with Crippen LogP contribution >= 0.6 is 0 Å². The number of likely N-dealkylation sites (tertiary alicyclic amines) is 2. The van der Waals surface area contributed by atoms with Gasteiger partial charge in [-0.15, -0.1) is 5.10 Å². The molecule has 3 atom stereocenters. The van der Waals surface area contributed by atoms with Crippen LogP contribution in [0.4, 0.5) is 37.8 Å². The van der Waals surface area contributed by atoms with Crippen LogP contribution in [0, 0.1) is 23.7 Å². The Morgan fingerprint density at radius 1 is 0.706 bits per heavy atom. The fourth-order valence-corrected chi connectivity index (χ4v) is 10.8. The standard InChI is InChI=1S/C48H62F6N10O4/c1-27(2)45(30-7-13-37(14-8-30)64-24-35(25-64)60-43(66)21-56-46-38-16-32(47(49,50)51)9-4-31(38)18-57-62-46)68-26-28(3)44(67)29-5-11-36(12-6-29)63-22-34(23-63)59-42(65)20-55-41-19-58-61-40-15-10-33(17-39(40)41)48(52,53)54/h4,9-10,15-19,27-30,34-37,44-45,67H,5-8,11-14,20-26H2,1-3H3,(H,55,61)(H,56,62)(H,59,65)(H,60,66)/t28?,29?,30?,36?,37?,44?,45-/m1/s1. The molecule has 2 amide bonds. The first-order valence-corrected chi connectivity index (χ1v) is 23.9. The average Bonchev–Trinajstić information content (AvgIpc) is 3.28. The third-order valence-electron chi connectivity index (χ3n) is 14.6. The number of benzene rings is 2. The molecular formula is C48H62F6N10O4. The zero-order chi connectivity index (χ0) is 48.3. The molecule has 2 aromatic heterocycles. The van der Waals surface area contributed by atoms with Crippen LogP contribution in [0.1, 0.15) is 83.3 Å². The van der Waals surface area contributed by atoms with E-state index in [2.05, 4.69) is 72.2 Å². The van der Waals surface area contributed by atoms with Crippen LogP contribution in [0.15, 0.2) is 48.8 Å². The number of aliphatic hydroxyl groups excluding tert-OH is 1. The van der Waals surface area contributed by atoms with Crippen molar-refractivity contribution in [1.82, 2.24) is 40.8 Å². The number of amides is 2. The molecule has 4 aliphatic rings. The largest absolute Gasteiger partial charge is 0.416 e. The highest BCUT2D eigenvalue weighted by Gasteiger charge is 2.40. The summed E-state index contributed by atoms with van der Waals surface area (Å²) in [5.74, 6) is 0.546. The third-order valence-corrected chi connectivity index (χ3v) is 14.6. The molecule has 2 aromatic carbocycles. The maximum atomic E-state index is 13.3. The minimum Gasteiger partial charge on any atom is -0.392 e. The number of nitrogens with zero attached hydrogens (tertiary/aromatic N) is 6. The van der Waals surface area contributed by atoms with E-state index in [4.69, 9.17) is 4.74 Å². The lowest BCUT2D eigenvalue weighted by molar-refractivity contribution is -0.138. The van der Waals surface area contributed by atoms with E-state index in [1.54, 1.807) is 0 Å². The van der Waals surface area contributed by atoms with Crippen molar-refractivity contribution in [2.75, 3.05) is 56.5 Å². The summed E-state index contributed by atoms with van der Waals surface area (Å²) in [6.07, 6.45) is 1.28. The van der Waals surface area contributed by atoms with E-state index in [1.807, 2.05) is 0 Å². The molecule has 14 nitrogen and oxygen atoms in total. The molecular weight excluding hydrogens is 895 g/mol. The summed E-state index contributed by atoms with van der Waals surface area (Å²) >= 11 is 0. The van der Waals surface area contributed by atoms with Gasteiger partial charge in [-0.3, -0.25) is 19.4 Å². The normalized spacial score (nSPS) is 23.7. The van der Waals surface area contributed by atoms with Gasteiger partial charge < -0.3 is 31.1 Å². The Balaban J connectivity index is 0.695. The smallest absolute Gasteiger partial charge is 0.392 e. The quantitative estimate of drug-likeness (QED) is 0.0697. The van der Waals surface area contributed by atoms with Crippen molar-refractivity contribution in [3.05, 3.63) is 59.9 Å². The van der Waals surface area contributed by atoms with Crippen molar-refractivity contribution in [1.29, 1.82) is 0 Å². The Kier molecular flexibility index (Phi) is 15.3. The number of fused-ring (bicyclic) bond motifs is 2. The van der Waals surface area contributed by atoms with Crippen LogP contribution < -0.4 is 21.3 Å². The Labute approximate surface area is 391 Å². The van der Waals surface area contributed by atoms with Gasteiger partial charge in [-0.1, -0.05) is 26.8 Å². The van der Waals surface area contributed by atoms with Crippen LogP contribution in [0.5, 0.6) is 0 Å². The van der Waals surface area contributed by atoms with Crippen LogP contribution in [-0.4, -0.2) is 129 Å². The minimum absolute atomic E-state index is 0.00281. The molecule has 8 rings (SSSR count). The molecule has 0 bridgehead atoms. The van der Waals surface area contributed by atoms with E-state index >= 15 is 0 Å². The average molecular weight is 957 g/mol. The van der Waals surface area contributed by atoms with Gasteiger partial charge in [0.15, 0.2) is 5.82 Å². The molecule has 0 spiro atoms. The number of hydrogen-bond donors (Lipinski definition) is 5. The van der Waals surface area contributed by atoms with Gasteiger partial charge in [0.2, 0.25) is 11.8 Å². The minimum atomic E-state index is -4.50. The highest BCUT2D eigenvalue weighted by Crippen LogP contribution is 2.38. The Hall–Kier alpha value is -4.92. The predicted octanol–water partition coefficient (Wildman–Crippen LogP) is 6.89. The molecule has 2 aliphatic carbocycles. The molecule has 4 heterocycles. The van der Waals surface area contributed by atoms with Gasteiger partial charge in [0.25, 0.3) is 0 Å². The first-order valence-electron chi connectivity index (χ1n) is 23.9. The molecule has 4 aromatic rings. The third kappa shape index (κ3) is 11.9. The number of ether oxygens (including phenoxy) is 1. The van der Waals surface area contributed by atoms with E-state index in [9.17, 15) is 41.0 Å². The molecule has 68 heavy (non-hydrogen) atoms. The number of aliphatic hydroxyl groups is 1. The van der Waals surface area contributed by atoms with E-state index in [1.165, 1.54) is 24.5 Å². The van der Waals surface area contributed by atoms with Crippen molar-refractivity contribution in [3.8, 4) is 0 Å². The summed E-state index contributed by atoms with van der Waals surface area (Å²) < 4.78 is 86.5. The van der Waals surface area contributed by atoms with Gasteiger partial charge >= 0.3 is 12.4 Å². The maximum absolute atomic E-state index is 13.3. The van der Waals surface area contributed by atoms with E-state index in [0.29, 0.717) is 47.1 Å². The first kappa shape index (κ1) is 49.5. The second-order valence-electron chi connectivity index (χ2n) is 19.8. The van der Waals surface area contributed by atoms with Crippen LogP contribution in [0.25, 0.3) is 21.7 Å². The molecule has 2 aliphatic heterocycles. The van der Waals surface area contributed by atoms with Crippen molar-refractivity contribution in [2.45, 2.75) is 121 Å². The summed E-state index contributed by atoms with van der Waals surface area (Å²) in [7, 11) is 0. The molecule has 2 saturated carbocycles. The molecule has 2 saturated heterocycles. The van der Waals surface area contributed by atoms with Crippen LogP contribution in [0.3, 0.4) is 0 Å². The number of anilines is 2. The summed E-state index contributed by atoms with van der Waals surface area (Å²) in [4.78, 5) is 30.3. The number of alkyl halides is 6. The summed E-state index contributed by atoms with van der Waals surface area (Å²) in [6, 6.07) is 7.38. The molecule has 20 heteroatoms. The number of carbonyl (C=O) groups excluding carboxylic acids is 2. The lowest BCUT2D eigenvalue weighted by Crippen LogP contribution is -2.63. The second-order valence-corrected chi connectivity index (χ2v) is 19.8. The van der Waals surface area contributed by atoms with Gasteiger partial charge in [-0.05, 0) is 99.5 Å². The first-order chi connectivity index (χ1) is 32.4. The van der Waals surface area contributed by atoms with E-state index in [-0.39, 0.29) is 71.5 Å². The van der Waals surface area contributed by atoms with Crippen molar-refractivity contribution < 1.29 is 45.8 Å². The predicted molar refractivity (Wildman–Crippen MR) is 244 cm³/mol. The summed E-state index contributed by atoms with van der Waals surface area (Å²) in [5, 5.41) is 39.8. The highest BCUT2D eigenvalue weighted by atomic mass is 19.4. The van der Waals surface area contributed by atoms with Gasteiger partial charge in [0, 0.05) is 60.3 Å². The molecule has 5 N–H and O–H groups in total. The maximum Gasteiger partial charge on any atom is 0.416 e. The van der Waals surface area contributed by atoms with Crippen molar-refractivity contribution in [2.24, 2.45) is 23.7 Å². The SMILES string of the molecule is CC(CO[C@H](C(C)C)C1CCC(N2CC(NC(=O)CNc3nncc4ccc(C(F)(F)F)cc34)C2)CC1)C(O)C1CCC(N2CC(NC(=O)CNc3cnnc4ccc(C(F)(F)F)cc34)C2)CC1. The van der Waals surface area contributed by atoms with Crippen LogP contribution in [0.2, 0.25) is 0 Å². The fourth-order valence-electron chi connectivity index (χ4n) is 10.8. The van der Waals surface area contributed by atoms with Gasteiger partial charge in [0.05, 0.1) is 78.7 Å². The van der Waals surface area contributed by atoms with Gasteiger partial charge in [-0.25, -0.2) is 0 Å². The number of nitrogens with one attached hydrogen (secondary N) is 4. The Morgan fingerprint density at radius 2 is 1.24 bits per heavy atom. The van der Waals surface area contributed by atoms with Crippen LogP contribution in [-0.2, 0) is 26.7 Å². The Morgan fingerprint density at radius 3 is 1.81 bits per heavy atom. The lowest BCUT2D eigenvalue weighted by Gasteiger charge is -2.48. The van der Waals surface area contributed by atoms with Gasteiger partial charge in [-0.2, -0.15) is 41.6 Å². The van der Waals surface area contributed by atoms with E-state index in [0.717, 1.165) is 102 Å². The zero-order valence-corrected chi connectivity index (χ0v) is 38.6. The molecule has 370 valence electrons. The van der Waals surface area contributed by atoms with Gasteiger partial charge in [0.1, 0.15) is 0 Å². The summed E-state index contributed by atoms with van der Waals surface area (Å²) in [6.45, 7) is 9.67. The van der Waals surface area contributed by atoms with Crippen molar-refractivity contribution >= 4 is 45.0 Å². The molecule has 0 radical (unpaired) electrons. The Bertz CT molecular complexity index is 2360. The number of rotatable bonds is 17.